The Morgan fingerprint density at radius 3 is 2.48 bits per heavy atom. The highest BCUT2D eigenvalue weighted by Gasteiger charge is 2.00. The number of anilines is 2. The zero-order valence-corrected chi connectivity index (χ0v) is 12.3. The molecule has 0 spiro atoms. The van der Waals surface area contributed by atoms with Crippen LogP contribution in [0.25, 0.3) is 0 Å². The Hall–Kier alpha value is -2.49. The zero-order valence-electron chi connectivity index (χ0n) is 12.3. The third kappa shape index (κ3) is 4.53. The molecule has 0 aliphatic rings. The summed E-state index contributed by atoms with van der Waals surface area (Å²) in [6.45, 7) is 2.55. The van der Waals surface area contributed by atoms with Crippen molar-refractivity contribution in [1.29, 1.82) is 0 Å². The maximum atomic E-state index is 11.4. The number of hydrogen-bond acceptors (Lipinski definition) is 3. The third-order valence-electron chi connectivity index (χ3n) is 3.12. The van der Waals surface area contributed by atoms with Crippen molar-refractivity contribution in [1.82, 2.24) is 0 Å². The number of carbonyl (C=O) groups is 1. The van der Waals surface area contributed by atoms with E-state index in [2.05, 4.69) is 10.6 Å². The van der Waals surface area contributed by atoms with Gasteiger partial charge >= 0.3 is 0 Å². The van der Waals surface area contributed by atoms with Crippen LogP contribution in [0.5, 0.6) is 5.75 Å². The molecule has 110 valence electrons. The van der Waals surface area contributed by atoms with Gasteiger partial charge in [0.05, 0.1) is 7.11 Å². The lowest BCUT2D eigenvalue weighted by Crippen LogP contribution is -2.09. The van der Waals surface area contributed by atoms with E-state index < -0.39 is 0 Å². The Balaban J connectivity index is 1.96. The molecule has 0 saturated carbocycles. The highest BCUT2D eigenvalue weighted by atomic mass is 16.5. The van der Waals surface area contributed by atoms with E-state index in [1.165, 1.54) is 5.56 Å². The molecule has 0 unspecified atom stereocenters. The number of methoxy groups -OCH3 is 1. The largest absolute Gasteiger partial charge is 0.497 e. The van der Waals surface area contributed by atoms with Crippen LogP contribution in [-0.2, 0) is 11.3 Å². The molecular formula is C17H20N2O2. The molecule has 4 nitrogen and oxygen atoms in total. The number of rotatable bonds is 6. The summed E-state index contributed by atoms with van der Waals surface area (Å²) in [6, 6.07) is 15.6. The Morgan fingerprint density at radius 2 is 1.81 bits per heavy atom. The molecular weight excluding hydrogens is 264 g/mol. The first kappa shape index (κ1) is 14.9. The van der Waals surface area contributed by atoms with Crippen molar-refractivity contribution in [3.8, 4) is 5.75 Å². The summed E-state index contributed by atoms with van der Waals surface area (Å²) in [7, 11) is 1.66. The molecule has 2 aromatic rings. The van der Waals surface area contributed by atoms with Crippen LogP contribution in [-0.4, -0.2) is 13.0 Å². The van der Waals surface area contributed by atoms with E-state index in [1.54, 1.807) is 7.11 Å². The van der Waals surface area contributed by atoms with Gasteiger partial charge in [-0.3, -0.25) is 4.79 Å². The van der Waals surface area contributed by atoms with Crippen LogP contribution in [0.2, 0.25) is 0 Å². The number of benzene rings is 2. The molecule has 4 heteroatoms. The van der Waals surface area contributed by atoms with Crippen LogP contribution < -0.4 is 15.4 Å². The molecule has 21 heavy (non-hydrogen) atoms. The topological polar surface area (TPSA) is 50.4 Å². The average Bonchev–Trinajstić information content (AvgIpc) is 2.53. The highest BCUT2D eigenvalue weighted by Crippen LogP contribution is 2.17. The maximum Gasteiger partial charge on any atom is 0.224 e. The van der Waals surface area contributed by atoms with Crippen molar-refractivity contribution < 1.29 is 9.53 Å². The van der Waals surface area contributed by atoms with Crippen LogP contribution >= 0.6 is 0 Å². The Morgan fingerprint density at radius 1 is 1.10 bits per heavy atom. The summed E-state index contributed by atoms with van der Waals surface area (Å²) in [4.78, 5) is 11.4. The van der Waals surface area contributed by atoms with E-state index >= 15 is 0 Å². The predicted molar refractivity (Wildman–Crippen MR) is 85.7 cm³/mol. The van der Waals surface area contributed by atoms with Crippen molar-refractivity contribution in [3.05, 3.63) is 54.1 Å². The van der Waals surface area contributed by atoms with E-state index in [0.29, 0.717) is 6.42 Å². The van der Waals surface area contributed by atoms with Crippen molar-refractivity contribution >= 4 is 17.3 Å². The van der Waals surface area contributed by atoms with Crippen LogP contribution in [0.3, 0.4) is 0 Å². The second-order valence-corrected chi connectivity index (χ2v) is 4.68. The van der Waals surface area contributed by atoms with E-state index in [1.807, 2.05) is 55.5 Å². The van der Waals surface area contributed by atoms with Gasteiger partial charge in [-0.25, -0.2) is 0 Å². The minimum atomic E-state index is 0.0160. The first-order valence-corrected chi connectivity index (χ1v) is 6.98. The summed E-state index contributed by atoms with van der Waals surface area (Å²) >= 11 is 0. The first-order valence-electron chi connectivity index (χ1n) is 6.98. The standard InChI is InChI=1S/C17H20N2O2/c1-3-17(20)19-15-6-4-5-14(11-15)18-12-13-7-9-16(21-2)10-8-13/h4-11,18H,3,12H2,1-2H3,(H,19,20). The molecule has 0 bridgehead atoms. The lowest BCUT2D eigenvalue weighted by atomic mass is 10.2. The van der Waals surface area contributed by atoms with Gasteiger partial charge in [0.1, 0.15) is 5.75 Å². The second-order valence-electron chi connectivity index (χ2n) is 4.68. The minimum absolute atomic E-state index is 0.0160. The lowest BCUT2D eigenvalue weighted by Gasteiger charge is -2.09. The van der Waals surface area contributed by atoms with Gasteiger partial charge in [-0.1, -0.05) is 25.1 Å². The molecule has 0 aromatic heterocycles. The van der Waals surface area contributed by atoms with Gasteiger partial charge in [-0.05, 0) is 35.9 Å². The monoisotopic (exact) mass is 284 g/mol. The van der Waals surface area contributed by atoms with Crippen LogP contribution in [0.4, 0.5) is 11.4 Å². The number of carbonyl (C=O) groups excluding carboxylic acids is 1. The Bertz CT molecular complexity index is 594. The quantitative estimate of drug-likeness (QED) is 0.851. The maximum absolute atomic E-state index is 11.4. The molecule has 0 atom stereocenters. The molecule has 2 aromatic carbocycles. The average molecular weight is 284 g/mol. The zero-order chi connectivity index (χ0) is 15.1. The first-order chi connectivity index (χ1) is 10.2. The summed E-state index contributed by atoms with van der Waals surface area (Å²) in [5, 5.41) is 6.19. The minimum Gasteiger partial charge on any atom is -0.497 e. The Labute approximate surface area is 125 Å². The van der Waals surface area contributed by atoms with Gasteiger partial charge in [0.2, 0.25) is 5.91 Å². The van der Waals surface area contributed by atoms with Crippen LogP contribution in [0.1, 0.15) is 18.9 Å². The molecule has 0 saturated heterocycles. The summed E-state index contributed by atoms with van der Waals surface area (Å²) in [5.41, 5.74) is 2.94. The molecule has 0 aliphatic heterocycles. The van der Waals surface area contributed by atoms with Gasteiger partial charge in [-0.15, -0.1) is 0 Å². The number of nitrogens with one attached hydrogen (secondary N) is 2. The number of amides is 1. The van der Waals surface area contributed by atoms with Crippen molar-refractivity contribution in [2.24, 2.45) is 0 Å². The highest BCUT2D eigenvalue weighted by molar-refractivity contribution is 5.90. The summed E-state index contributed by atoms with van der Waals surface area (Å²) in [5.74, 6) is 0.866. The van der Waals surface area contributed by atoms with Gasteiger partial charge in [0.15, 0.2) is 0 Å². The van der Waals surface area contributed by atoms with Crippen molar-refractivity contribution in [2.75, 3.05) is 17.7 Å². The fourth-order valence-electron chi connectivity index (χ4n) is 1.90. The van der Waals surface area contributed by atoms with Crippen molar-refractivity contribution in [3.63, 3.8) is 0 Å². The number of hydrogen-bond donors (Lipinski definition) is 2. The smallest absolute Gasteiger partial charge is 0.224 e. The fourth-order valence-corrected chi connectivity index (χ4v) is 1.90. The summed E-state index contributed by atoms with van der Waals surface area (Å²) < 4.78 is 5.13. The van der Waals surface area contributed by atoms with E-state index in [9.17, 15) is 4.79 Å². The fraction of sp³-hybridized carbons (Fsp3) is 0.235. The van der Waals surface area contributed by atoms with E-state index in [-0.39, 0.29) is 5.91 Å². The van der Waals surface area contributed by atoms with E-state index in [0.717, 1.165) is 23.7 Å². The van der Waals surface area contributed by atoms with E-state index in [4.69, 9.17) is 4.74 Å². The van der Waals surface area contributed by atoms with Crippen molar-refractivity contribution in [2.45, 2.75) is 19.9 Å². The lowest BCUT2D eigenvalue weighted by molar-refractivity contribution is -0.115. The Kier molecular flexibility index (Phi) is 5.21. The molecule has 2 N–H and O–H groups in total. The normalized spacial score (nSPS) is 10.0. The van der Waals surface area contributed by atoms with Gasteiger partial charge in [0, 0.05) is 24.3 Å². The number of ether oxygens (including phenoxy) is 1. The molecule has 0 radical (unpaired) electrons. The molecule has 0 heterocycles. The van der Waals surface area contributed by atoms with Gasteiger partial charge < -0.3 is 15.4 Å². The molecule has 0 fully saturated rings. The molecule has 2 rings (SSSR count). The molecule has 1 amide bonds. The van der Waals surface area contributed by atoms with Gasteiger partial charge in [-0.2, -0.15) is 0 Å². The second kappa shape index (κ2) is 7.33. The van der Waals surface area contributed by atoms with Gasteiger partial charge in [0.25, 0.3) is 0 Å². The predicted octanol–water partition coefficient (Wildman–Crippen LogP) is 3.66. The van der Waals surface area contributed by atoms with Crippen LogP contribution in [0, 0.1) is 0 Å². The molecule has 0 aliphatic carbocycles. The third-order valence-corrected chi connectivity index (χ3v) is 3.12. The SMILES string of the molecule is CCC(=O)Nc1cccc(NCc2ccc(OC)cc2)c1. The summed E-state index contributed by atoms with van der Waals surface area (Å²) in [6.07, 6.45) is 0.476. The van der Waals surface area contributed by atoms with Crippen LogP contribution in [0.15, 0.2) is 48.5 Å².